The SMILES string of the molecule is Cc1nnc(C2CCC(Oc3ccccn3)CC2)n1-c1ccc(Cl)c(F)c1. The zero-order valence-electron chi connectivity index (χ0n) is 15.0. The topological polar surface area (TPSA) is 52.8 Å². The van der Waals surface area contributed by atoms with Crippen LogP contribution in [0, 0.1) is 12.7 Å². The number of aryl methyl sites for hydroxylation is 1. The van der Waals surface area contributed by atoms with Gasteiger partial charge in [0.25, 0.3) is 0 Å². The molecular formula is C20H20ClFN4O. The van der Waals surface area contributed by atoms with Gasteiger partial charge in [-0.3, -0.25) is 4.57 Å². The van der Waals surface area contributed by atoms with Crippen molar-refractivity contribution in [3.63, 3.8) is 0 Å². The fourth-order valence-corrected chi connectivity index (χ4v) is 3.73. The maximum Gasteiger partial charge on any atom is 0.213 e. The van der Waals surface area contributed by atoms with Crippen LogP contribution in [0.25, 0.3) is 5.69 Å². The second kappa shape index (κ2) is 7.64. The first-order valence-electron chi connectivity index (χ1n) is 9.07. The van der Waals surface area contributed by atoms with Crippen LogP contribution in [0.2, 0.25) is 5.02 Å². The quantitative estimate of drug-likeness (QED) is 0.642. The average Bonchev–Trinajstić information content (AvgIpc) is 3.07. The van der Waals surface area contributed by atoms with Gasteiger partial charge in [0, 0.05) is 18.2 Å². The summed E-state index contributed by atoms with van der Waals surface area (Å²) in [5, 5.41) is 8.71. The van der Waals surface area contributed by atoms with E-state index in [1.165, 1.54) is 6.07 Å². The third kappa shape index (κ3) is 3.81. The molecule has 5 nitrogen and oxygen atoms in total. The summed E-state index contributed by atoms with van der Waals surface area (Å²) in [5.41, 5.74) is 0.696. The highest BCUT2D eigenvalue weighted by Gasteiger charge is 2.28. The summed E-state index contributed by atoms with van der Waals surface area (Å²) in [6.07, 6.45) is 5.60. The standard InChI is InChI=1S/C20H20ClFN4O/c1-13-24-25-20(26(13)15-7-10-17(21)18(22)12-15)14-5-8-16(9-6-14)27-19-4-2-3-11-23-19/h2-4,7,10-12,14,16H,5-6,8-9H2,1H3. The molecule has 1 aliphatic rings. The van der Waals surface area contributed by atoms with Crippen LogP contribution in [0.15, 0.2) is 42.6 Å². The normalized spacial score (nSPS) is 19.8. The smallest absolute Gasteiger partial charge is 0.213 e. The van der Waals surface area contributed by atoms with Gasteiger partial charge >= 0.3 is 0 Å². The number of pyridine rings is 1. The molecule has 0 saturated heterocycles. The minimum Gasteiger partial charge on any atom is -0.474 e. The summed E-state index contributed by atoms with van der Waals surface area (Å²) >= 11 is 5.82. The summed E-state index contributed by atoms with van der Waals surface area (Å²) in [5.74, 6) is 2.08. The van der Waals surface area contributed by atoms with Crippen LogP contribution in [0.5, 0.6) is 5.88 Å². The van der Waals surface area contributed by atoms with Crippen molar-refractivity contribution in [2.75, 3.05) is 0 Å². The maximum atomic E-state index is 13.9. The fraction of sp³-hybridized carbons (Fsp3) is 0.350. The number of nitrogens with zero attached hydrogens (tertiary/aromatic N) is 4. The van der Waals surface area contributed by atoms with Crippen molar-refractivity contribution in [3.8, 4) is 11.6 Å². The van der Waals surface area contributed by atoms with E-state index in [0.29, 0.717) is 11.6 Å². The molecule has 0 aliphatic heterocycles. The molecule has 4 rings (SSSR count). The Kier molecular flexibility index (Phi) is 5.07. The fourth-order valence-electron chi connectivity index (χ4n) is 3.61. The maximum absolute atomic E-state index is 13.9. The minimum absolute atomic E-state index is 0.109. The molecule has 27 heavy (non-hydrogen) atoms. The van der Waals surface area contributed by atoms with Gasteiger partial charge in [-0.05, 0) is 56.9 Å². The first-order valence-corrected chi connectivity index (χ1v) is 9.44. The summed E-state index contributed by atoms with van der Waals surface area (Å²) in [4.78, 5) is 4.23. The van der Waals surface area contributed by atoms with E-state index in [1.807, 2.05) is 29.7 Å². The third-order valence-electron chi connectivity index (χ3n) is 4.98. The predicted octanol–water partition coefficient (Wildman–Crippen LogP) is 4.87. The molecule has 7 heteroatoms. The monoisotopic (exact) mass is 386 g/mol. The first-order chi connectivity index (χ1) is 13.1. The number of benzene rings is 1. The highest BCUT2D eigenvalue weighted by atomic mass is 35.5. The number of hydrogen-bond donors (Lipinski definition) is 0. The van der Waals surface area contributed by atoms with Crippen LogP contribution in [0.3, 0.4) is 0 Å². The van der Waals surface area contributed by atoms with E-state index in [4.69, 9.17) is 16.3 Å². The van der Waals surface area contributed by atoms with Crippen LogP contribution >= 0.6 is 11.6 Å². The van der Waals surface area contributed by atoms with Crippen molar-refractivity contribution >= 4 is 11.6 Å². The van der Waals surface area contributed by atoms with E-state index in [9.17, 15) is 4.39 Å². The van der Waals surface area contributed by atoms with Gasteiger partial charge in [-0.15, -0.1) is 10.2 Å². The van der Waals surface area contributed by atoms with E-state index < -0.39 is 5.82 Å². The van der Waals surface area contributed by atoms with Crippen LogP contribution in [0.4, 0.5) is 4.39 Å². The van der Waals surface area contributed by atoms with E-state index in [0.717, 1.165) is 37.3 Å². The molecule has 0 N–H and O–H groups in total. The Hall–Kier alpha value is -2.47. The summed E-state index contributed by atoms with van der Waals surface area (Å²) in [7, 11) is 0. The molecule has 2 aromatic heterocycles. The molecule has 0 unspecified atom stereocenters. The second-order valence-corrected chi connectivity index (χ2v) is 7.21. The van der Waals surface area contributed by atoms with E-state index >= 15 is 0 Å². The molecule has 0 amide bonds. The van der Waals surface area contributed by atoms with Gasteiger partial charge in [0.15, 0.2) is 0 Å². The molecule has 0 radical (unpaired) electrons. The Balaban J connectivity index is 1.50. The van der Waals surface area contributed by atoms with Gasteiger partial charge < -0.3 is 4.74 Å². The molecule has 3 aromatic rings. The average molecular weight is 387 g/mol. The molecular weight excluding hydrogens is 367 g/mol. The van der Waals surface area contributed by atoms with Crippen LogP contribution in [0.1, 0.15) is 43.3 Å². The molecule has 1 saturated carbocycles. The zero-order chi connectivity index (χ0) is 18.8. The second-order valence-electron chi connectivity index (χ2n) is 6.80. The summed E-state index contributed by atoms with van der Waals surface area (Å²) < 4.78 is 21.8. The lowest BCUT2D eigenvalue weighted by atomic mass is 9.86. The Bertz CT molecular complexity index is 923. The molecule has 140 valence electrons. The van der Waals surface area contributed by atoms with Crippen LogP contribution in [-0.4, -0.2) is 25.9 Å². The lowest BCUT2D eigenvalue weighted by molar-refractivity contribution is 0.139. The molecule has 0 spiro atoms. The van der Waals surface area contributed by atoms with Gasteiger partial charge in [-0.2, -0.15) is 0 Å². The first kappa shape index (κ1) is 17.9. The lowest BCUT2D eigenvalue weighted by Gasteiger charge is -2.28. The van der Waals surface area contributed by atoms with Gasteiger partial charge in [-0.25, -0.2) is 9.37 Å². The Labute approximate surface area is 162 Å². The predicted molar refractivity (Wildman–Crippen MR) is 101 cm³/mol. The Morgan fingerprint density at radius 3 is 2.63 bits per heavy atom. The van der Waals surface area contributed by atoms with Gasteiger partial charge in [0.2, 0.25) is 5.88 Å². The van der Waals surface area contributed by atoms with Gasteiger partial charge in [-0.1, -0.05) is 17.7 Å². The van der Waals surface area contributed by atoms with E-state index in [-0.39, 0.29) is 17.0 Å². The van der Waals surface area contributed by atoms with Crippen molar-refractivity contribution in [1.82, 2.24) is 19.7 Å². The highest BCUT2D eigenvalue weighted by molar-refractivity contribution is 6.30. The zero-order valence-corrected chi connectivity index (χ0v) is 15.7. The number of ether oxygens (including phenoxy) is 1. The number of rotatable bonds is 4. The van der Waals surface area contributed by atoms with Crippen LogP contribution < -0.4 is 4.74 Å². The molecule has 1 aromatic carbocycles. The minimum atomic E-state index is -0.444. The van der Waals surface area contributed by atoms with Crippen LogP contribution in [-0.2, 0) is 0 Å². The van der Waals surface area contributed by atoms with E-state index in [2.05, 4.69) is 15.2 Å². The number of aromatic nitrogens is 4. The largest absolute Gasteiger partial charge is 0.474 e. The molecule has 0 atom stereocenters. The Morgan fingerprint density at radius 1 is 1.11 bits per heavy atom. The van der Waals surface area contributed by atoms with Crippen molar-refractivity contribution in [1.29, 1.82) is 0 Å². The van der Waals surface area contributed by atoms with Crippen molar-refractivity contribution in [3.05, 3.63) is 65.1 Å². The lowest BCUT2D eigenvalue weighted by Crippen LogP contribution is -2.25. The van der Waals surface area contributed by atoms with Gasteiger partial charge in [0.05, 0.1) is 10.7 Å². The van der Waals surface area contributed by atoms with Gasteiger partial charge in [0.1, 0.15) is 23.6 Å². The Morgan fingerprint density at radius 2 is 1.93 bits per heavy atom. The summed E-state index contributed by atoms with van der Waals surface area (Å²) in [6, 6.07) is 10.5. The molecule has 1 fully saturated rings. The summed E-state index contributed by atoms with van der Waals surface area (Å²) in [6.45, 7) is 1.87. The number of hydrogen-bond acceptors (Lipinski definition) is 4. The third-order valence-corrected chi connectivity index (χ3v) is 5.28. The molecule has 1 aliphatic carbocycles. The van der Waals surface area contributed by atoms with E-state index in [1.54, 1.807) is 18.3 Å². The molecule has 0 bridgehead atoms. The highest BCUT2D eigenvalue weighted by Crippen LogP contribution is 2.35. The number of halogens is 2. The van der Waals surface area contributed by atoms with Crippen molar-refractivity contribution in [2.45, 2.75) is 44.6 Å². The molecule has 2 heterocycles. The van der Waals surface area contributed by atoms with Crippen molar-refractivity contribution < 1.29 is 9.13 Å². The van der Waals surface area contributed by atoms with Crippen molar-refractivity contribution in [2.24, 2.45) is 0 Å².